The maximum absolute atomic E-state index is 12.1. The highest BCUT2D eigenvalue weighted by molar-refractivity contribution is 8.01. The van der Waals surface area contributed by atoms with Crippen LogP contribution in [-0.4, -0.2) is 39.5 Å². The monoisotopic (exact) mass is 380 g/mol. The second-order valence-electron chi connectivity index (χ2n) is 5.82. The zero-order chi connectivity index (χ0) is 18.4. The van der Waals surface area contributed by atoms with E-state index in [0.717, 1.165) is 17.2 Å². The van der Waals surface area contributed by atoms with E-state index in [2.05, 4.69) is 34.7 Å². The van der Waals surface area contributed by atoms with E-state index in [1.165, 1.54) is 35.2 Å². The maximum atomic E-state index is 12.1. The lowest BCUT2D eigenvalue weighted by Gasteiger charge is -2.08. The third-order valence-corrected chi connectivity index (χ3v) is 5.17. The van der Waals surface area contributed by atoms with Crippen molar-refractivity contribution >= 4 is 45.8 Å². The van der Waals surface area contributed by atoms with Crippen molar-refractivity contribution in [3.05, 3.63) is 29.3 Å². The zero-order valence-electron chi connectivity index (χ0n) is 14.2. The molecular formula is C16H20N4O3S2. The number of nitrogens with zero attached hydrogens (tertiary/aromatic N) is 2. The summed E-state index contributed by atoms with van der Waals surface area (Å²) in [7, 11) is 0. The van der Waals surface area contributed by atoms with Crippen LogP contribution in [0.2, 0.25) is 0 Å². The smallest absolute Gasteiger partial charge is 0.335 e. The van der Waals surface area contributed by atoms with E-state index in [1.807, 2.05) is 6.92 Å². The number of aromatic carboxylic acids is 1. The molecule has 9 heteroatoms. The summed E-state index contributed by atoms with van der Waals surface area (Å²) < 4.78 is 0.706. The van der Waals surface area contributed by atoms with Crippen molar-refractivity contribution in [2.45, 2.75) is 25.1 Å². The van der Waals surface area contributed by atoms with Gasteiger partial charge in [-0.2, -0.15) is 0 Å². The molecular weight excluding hydrogens is 360 g/mol. The molecule has 0 aliphatic heterocycles. The van der Waals surface area contributed by atoms with Gasteiger partial charge in [-0.05, 0) is 30.5 Å². The first-order chi connectivity index (χ1) is 11.8. The molecule has 0 aliphatic carbocycles. The van der Waals surface area contributed by atoms with Gasteiger partial charge in [-0.15, -0.1) is 10.2 Å². The molecule has 0 atom stereocenters. The predicted octanol–water partition coefficient (Wildman–Crippen LogP) is 3.34. The molecule has 134 valence electrons. The minimum absolute atomic E-state index is 0.138. The van der Waals surface area contributed by atoms with Crippen molar-refractivity contribution in [1.82, 2.24) is 10.2 Å². The van der Waals surface area contributed by atoms with Gasteiger partial charge >= 0.3 is 5.97 Å². The number of rotatable bonds is 8. The number of hydrogen-bond donors (Lipinski definition) is 3. The summed E-state index contributed by atoms with van der Waals surface area (Å²) in [5.74, 6) is -0.562. The Morgan fingerprint density at radius 3 is 2.76 bits per heavy atom. The lowest BCUT2D eigenvalue weighted by molar-refractivity contribution is -0.113. The molecule has 1 aromatic carbocycles. The summed E-state index contributed by atoms with van der Waals surface area (Å²) in [5, 5.41) is 23.8. The first kappa shape index (κ1) is 19.2. The van der Waals surface area contributed by atoms with Crippen LogP contribution < -0.4 is 10.6 Å². The van der Waals surface area contributed by atoms with Crippen molar-refractivity contribution < 1.29 is 14.7 Å². The van der Waals surface area contributed by atoms with Crippen LogP contribution in [-0.2, 0) is 4.79 Å². The van der Waals surface area contributed by atoms with Crippen LogP contribution in [0.5, 0.6) is 0 Å². The molecule has 1 aromatic heterocycles. The topological polar surface area (TPSA) is 104 Å². The molecule has 7 nitrogen and oxygen atoms in total. The number of carboxylic acid groups (broad SMARTS) is 1. The summed E-state index contributed by atoms with van der Waals surface area (Å²) in [5.41, 5.74) is 1.44. The number of amides is 1. The van der Waals surface area contributed by atoms with Gasteiger partial charge in [0.2, 0.25) is 11.0 Å². The number of carbonyl (C=O) groups is 2. The van der Waals surface area contributed by atoms with E-state index in [1.54, 1.807) is 6.07 Å². The van der Waals surface area contributed by atoms with Crippen LogP contribution in [0.1, 0.15) is 29.8 Å². The highest BCUT2D eigenvalue weighted by atomic mass is 32.2. The summed E-state index contributed by atoms with van der Waals surface area (Å²) in [6.45, 7) is 6.84. The quantitative estimate of drug-likeness (QED) is 0.603. The molecule has 0 saturated carbocycles. The molecule has 2 rings (SSSR count). The first-order valence-electron chi connectivity index (χ1n) is 7.69. The Kier molecular flexibility index (Phi) is 6.77. The number of carboxylic acids is 1. The molecule has 0 radical (unpaired) electrons. The molecule has 25 heavy (non-hydrogen) atoms. The Hall–Kier alpha value is -2.13. The standard InChI is InChI=1S/C16H20N4O3S2/c1-9(2)7-17-15-19-20-16(25-15)24-8-13(21)18-12-6-11(14(22)23)5-4-10(12)3/h4-6,9H,7-8H2,1-3H3,(H,17,19)(H,18,21)(H,22,23). The van der Waals surface area contributed by atoms with Gasteiger partial charge in [0, 0.05) is 12.2 Å². The van der Waals surface area contributed by atoms with E-state index >= 15 is 0 Å². The first-order valence-corrected chi connectivity index (χ1v) is 9.49. The predicted molar refractivity (Wildman–Crippen MR) is 101 cm³/mol. The summed E-state index contributed by atoms with van der Waals surface area (Å²) in [6, 6.07) is 4.64. The van der Waals surface area contributed by atoms with E-state index < -0.39 is 5.97 Å². The van der Waals surface area contributed by atoms with Gasteiger partial charge < -0.3 is 15.7 Å². The molecule has 1 heterocycles. The number of carbonyl (C=O) groups excluding carboxylic acids is 1. The molecule has 2 aromatic rings. The lowest BCUT2D eigenvalue weighted by Crippen LogP contribution is -2.15. The molecule has 0 spiro atoms. The molecule has 0 aliphatic rings. The van der Waals surface area contributed by atoms with Gasteiger partial charge in [0.05, 0.1) is 11.3 Å². The normalized spacial score (nSPS) is 10.7. The van der Waals surface area contributed by atoms with Gasteiger partial charge in [0.15, 0.2) is 4.34 Å². The third kappa shape index (κ3) is 6.02. The molecule has 1 amide bonds. The fourth-order valence-corrected chi connectivity index (χ4v) is 3.39. The fraction of sp³-hybridized carbons (Fsp3) is 0.375. The Balaban J connectivity index is 1.89. The van der Waals surface area contributed by atoms with Crippen molar-refractivity contribution in [3.8, 4) is 0 Å². The molecule has 3 N–H and O–H groups in total. The van der Waals surface area contributed by atoms with Crippen molar-refractivity contribution in [2.24, 2.45) is 5.92 Å². The van der Waals surface area contributed by atoms with Crippen molar-refractivity contribution in [3.63, 3.8) is 0 Å². The number of aryl methyl sites for hydroxylation is 1. The Bertz CT molecular complexity index is 762. The number of nitrogens with one attached hydrogen (secondary N) is 2. The highest BCUT2D eigenvalue weighted by Gasteiger charge is 2.11. The van der Waals surface area contributed by atoms with Gasteiger partial charge in [-0.3, -0.25) is 4.79 Å². The van der Waals surface area contributed by atoms with Crippen LogP contribution in [0.3, 0.4) is 0 Å². The Labute approximate surface area is 154 Å². The fourth-order valence-electron chi connectivity index (χ4n) is 1.83. The van der Waals surface area contributed by atoms with Gasteiger partial charge in [0.1, 0.15) is 0 Å². The average molecular weight is 380 g/mol. The second kappa shape index (κ2) is 8.82. The van der Waals surface area contributed by atoms with Crippen LogP contribution in [0, 0.1) is 12.8 Å². The van der Waals surface area contributed by atoms with Crippen LogP contribution in [0.15, 0.2) is 22.5 Å². The number of anilines is 2. The minimum atomic E-state index is -1.03. The summed E-state index contributed by atoms with van der Waals surface area (Å²) in [4.78, 5) is 23.1. The molecule has 0 unspecified atom stereocenters. The summed E-state index contributed by atoms with van der Waals surface area (Å²) >= 11 is 2.70. The molecule has 0 bridgehead atoms. The number of benzene rings is 1. The van der Waals surface area contributed by atoms with E-state index in [0.29, 0.717) is 15.9 Å². The number of thioether (sulfide) groups is 1. The van der Waals surface area contributed by atoms with Crippen LogP contribution in [0.4, 0.5) is 10.8 Å². The molecule has 0 saturated heterocycles. The number of hydrogen-bond acceptors (Lipinski definition) is 7. The lowest BCUT2D eigenvalue weighted by atomic mass is 10.1. The van der Waals surface area contributed by atoms with Crippen LogP contribution >= 0.6 is 23.1 Å². The molecule has 0 fully saturated rings. The van der Waals surface area contributed by atoms with Crippen molar-refractivity contribution in [2.75, 3.05) is 22.9 Å². The maximum Gasteiger partial charge on any atom is 0.335 e. The van der Waals surface area contributed by atoms with Crippen LogP contribution in [0.25, 0.3) is 0 Å². The van der Waals surface area contributed by atoms with Gasteiger partial charge in [-0.25, -0.2) is 4.79 Å². The highest BCUT2D eigenvalue weighted by Crippen LogP contribution is 2.26. The van der Waals surface area contributed by atoms with E-state index in [-0.39, 0.29) is 17.2 Å². The summed E-state index contributed by atoms with van der Waals surface area (Å²) in [6.07, 6.45) is 0. The van der Waals surface area contributed by atoms with Crippen molar-refractivity contribution in [1.29, 1.82) is 0 Å². The second-order valence-corrected chi connectivity index (χ2v) is 8.02. The largest absolute Gasteiger partial charge is 0.478 e. The minimum Gasteiger partial charge on any atom is -0.478 e. The SMILES string of the molecule is Cc1ccc(C(=O)O)cc1NC(=O)CSc1nnc(NCC(C)C)s1. The Morgan fingerprint density at radius 1 is 1.32 bits per heavy atom. The van der Waals surface area contributed by atoms with E-state index in [9.17, 15) is 9.59 Å². The third-order valence-electron chi connectivity index (χ3n) is 3.15. The van der Waals surface area contributed by atoms with Gasteiger partial charge in [-0.1, -0.05) is 43.0 Å². The van der Waals surface area contributed by atoms with E-state index in [4.69, 9.17) is 5.11 Å². The van der Waals surface area contributed by atoms with Gasteiger partial charge in [0.25, 0.3) is 0 Å². The Morgan fingerprint density at radius 2 is 2.08 bits per heavy atom. The zero-order valence-corrected chi connectivity index (χ0v) is 15.8. The number of aromatic nitrogens is 2. The average Bonchev–Trinajstić information content (AvgIpc) is 3.01.